The summed E-state index contributed by atoms with van der Waals surface area (Å²) in [6, 6.07) is 16.1. The monoisotopic (exact) mass is 270 g/mol. The molecule has 1 heterocycles. The standard InChI is InChI=1S/C16H15ClN2/c1-10(18)16-15(11-5-3-2-4-6-11)13-9-12(17)7-8-14(13)19-16/h2-10,19H,18H2,1H3. The second kappa shape index (κ2) is 4.72. The molecule has 0 saturated carbocycles. The highest BCUT2D eigenvalue weighted by Gasteiger charge is 2.15. The van der Waals surface area contributed by atoms with Crippen LogP contribution >= 0.6 is 11.6 Å². The third-order valence-corrected chi connectivity index (χ3v) is 3.54. The first-order valence-corrected chi connectivity index (χ1v) is 6.67. The molecule has 1 unspecified atom stereocenters. The van der Waals surface area contributed by atoms with Gasteiger partial charge in [0.25, 0.3) is 0 Å². The van der Waals surface area contributed by atoms with Crippen molar-refractivity contribution >= 4 is 22.5 Å². The summed E-state index contributed by atoms with van der Waals surface area (Å²) in [4.78, 5) is 3.41. The molecule has 96 valence electrons. The van der Waals surface area contributed by atoms with Crippen molar-refractivity contribution in [2.24, 2.45) is 5.73 Å². The van der Waals surface area contributed by atoms with E-state index in [9.17, 15) is 0 Å². The van der Waals surface area contributed by atoms with E-state index in [1.165, 1.54) is 0 Å². The number of benzene rings is 2. The van der Waals surface area contributed by atoms with Crippen molar-refractivity contribution in [1.82, 2.24) is 4.98 Å². The summed E-state index contributed by atoms with van der Waals surface area (Å²) >= 11 is 6.12. The minimum atomic E-state index is -0.0543. The lowest BCUT2D eigenvalue weighted by Gasteiger charge is -2.08. The molecule has 3 rings (SSSR count). The average Bonchev–Trinajstić information content (AvgIpc) is 2.78. The molecular weight excluding hydrogens is 256 g/mol. The number of aromatic amines is 1. The maximum Gasteiger partial charge on any atom is 0.0464 e. The van der Waals surface area contributed by atoms with Crippen molar-refractivity contribution in [1.29, 1.82) is 0 Å². The second-order valence-electron chi connectivity index (χ2n) is 4.76. The van der Waals surface area contributed by atoms with Crippen molar-refractivity contribution in [3.63, 3.8) is 0 Å². The lowest BCUT2D eigenvalue weighted by Crippen LogP contribution is -2.06. The average molecular weight is 271 g/mol. The summed E-state index contributed by atoms with van der Waals surface area (Å²) in [7, 11) is 0. The van der Waals surface area contributed by atoms with Gasteiger partial charge in [-0.25, -0.2) is 0 Å². The predicted octanol–water partition coefficient (Wildman–Crippen LogP) is 4.51. The smallest absolute Gasteiger partial charge is 0.0464 e. The number of fused-ring (bicyclic) bond motifs is 1. The Kier molecular flexibility index (Phi) is 3.05. The normalized spacial score (nSPS) is 12.8. The Bertz CT molecular complexity index is 714. The number of halogens is 1. The van der Waals surface area contributed by atoms with E-state index in [0.717, 1.165) is 32.7 Å². The maximum absolute atomic E-state index is 6.12. The molecule has 2 nitrogen and oxygen atoms in total. The maximum atomic E-state index is 6.12. The van der Waals surface area contributed by atoms with Crippen molar-refractivity contribution in [2.75, 3.05) is 0 Å². The van der Waals surface area contributed by atoms with E-state index >= 15 is 0 Å². The Morgan fingerprint density at radius 3 is 2.53 bits per heavy atom. The molecule has 19 heavy (non-hydrogen) atoms. The fourth-order valence-corrected chi connectivity index (χ4v) is 2.61. The molecule has 0 radical (unpaired) electrons. The third kappa shape index (κ3) is 2.14. The van der Waals surface area contributed by atoms with Crippen LogP contribution in [0.5, 0.6) is 0 Å². The molecule has 0 fully saturated rings. The van der Waals surface area contributed by atoms with Crippen LogP contribution in [0.1, 0.15) is 18.7 Å². The third-order valence-electron chi connectivity index (χ3n) is 3.31. The van der Waals surface area contributed by atoms with Crippen LogP contribution in [0.2, 0.25) is 5.02 Å². The van der Waals surface area contributed by atoms with Gasteiger partial charge in [-0.3, -0.25) is 0 Å². The van der Waals surface area contributed by atoms with Gasteiger partial charge in [-0.15, -0.1) is 0 Å². The lowest BCUT2D eigenvalue weighted by molar-refractivity contribution is 0.794. The van der Waals surface area contributed by atoms with Crippen molar-refractivity contribution in [2.45, 2.75) is 13.0 Å². The molecule has 3 heteroatoms. The molecule has 0 aliphatic carbocycles. The van der Waals surface area contributed by atoms with Crippen LogP contribution in [-0.2, 0) is 0 Å². The van der Waals surface area contributed by atoms with Crippen LogP contribution in [0.25, 0.3) is 22.0 Å². The van der Waals surface area contributed by atoms with E-state index in [2.05, 4.69) is 17.1 Å². The molecule has 1 atom stereocenters. The van der Waals surface area contributed by atoms with Gasteiger partial charge >= 0.3 is 0 Å². The number of H-pyrrole nitrogens is 1. The van der Waals surface area contributed by atoms with Crippen LogP contribution in [0, 0.1) is 0 Å². The van der Waals surface area contributed by atoms with E-state index in [1.807, 2.05) is 43.3 Å². The molecule has 3 aromatic rings. The molecular formula is C16H15ClN2. The highest BCUT2D eigenvalue weighted by Crippen LogP contribution is 2.35. The van der Waals surface area contributed by atoms with Crippen molar-refractivity contribution in [3.8, 4) is 11.1 Å². The Morgan fingerprint density at radius 2 is 1.84 bits per heavy atom. The Morgan fingerprint density at radius 1 is 1.11 bits per heavy atom. The van der Waals surface area contributed by atoms with Gasteiger partial charge in [0.05, 0.1) is 0 Å². The quantitative estimate of drug-likeness (QED) is 0.707. The number of rotatable bonds is 2. The second-order valence-corrected chi connectivity index (χ2v) is 5.19. The van der Waals surface area contributed by atoms with Crippen molar-refractivity contribution < 1.29 is 0 Å². The van der Waals surface area contributed by atoms with Crippen molar-refractivity contribution in [3.05, 3.63) is 59.2 Å². The van der Waals surface area contributed by atoms with E-state index in [4.69, 9.17) is 17.3 Å². The zero-order chi connectivity index (χ0) is 13.4. The molecule has 0 aliphatic heterocycles. The van der Waals surface area contributed by atoms with Crippen LogP contribution in [0.4, 0.5) is 0 Å². The van der Waals surface area contributed by atoms with Gasteiger partial charge in [-0.1, -0.05) is 41.9 Å². The molecule has 0 spiro atoms. The van der Waals surface area contributed by atoms with Gasteiger partial charge in [0.1, 0.15) is 0 Å². The first-order chi connectivity index (χ1) is 9.16. The molecule has 0 aliphatic rings. The van der Waals surface area contributed by atoms with Gasteiger partial charge in [-0.2, -0.15) is 0 Å². The molecule has 3 N–H and O–H groups in total. The fourth-order valence-electron chi connectivity index (χ4n) is 2.44. The summed E-state index contributed by atoms with van der Waals surface area (Å²) < 4.78 is 0. The van der Waals surface area contributed by atoms with Crippen LogP contribution < -0.4 is 5.73 Å². The minimum absolute atomic E-state index is 0.0543. The highest BCUT2D eigenvalue weighted by atomic mass is 35.5. The highest BCUT2D eigenvalue weighted by molar-refractivity contribution is 6.31. The summed E-state index contributed by atoms with van der Waals surface area (Å²) in [5.74, 6) is 0. The summed E-state index contributed by atoms with van der Waals surface area (Å²) in [6.07, 6.45) is 0. The molecule has 0 bridgehead atoms. The van der Waals surface area contributed by atoms with E-state index in [0.29, 0.717) is 0 Å². The van der Waals surface area contributed by atoms with Crippen LogP contribution in [0.3, 0.4) is 0 Å². The molecule has 0 saturated heterocycles. The van der Waals surface area contributed by atoms with Gasteiger partial charge in [-0.05, 0) is 30.7 Å². The Labute approximate surface area is 117 Å². The largest absolute Gasteiger partial charge is 0.357 e. The topological polar surface area (TPSA) is 41.8 Å². The lowest BCUT2D eigenvalue weighted by atomic mass is 9.99. The summed E-state index contributed by atoms with van der Waals surface area (Å²) in [6.45, 7) is 1.98. The first-order valence-electron chi connectivity index (χ1n) is 6.29. The summed E-state index contributed by atoms with van der Waals surface area (Å²) in [5.41, 5.74) is 10.5. The SMILES string of the molecule is CC(N)c1[nH]c2ccc(Cl)cc2c1-c1ccccc1. The van der Waals surface area contributed by atoms with Gasteiger partial charge < -0.3 is 10.7 Å². The van der Waals surface area contributed by atoms with Gasteiger partial charge in [0.2, 0.25) is 0 Å². The van der Waals surface area contributed by atoms with E-state index < -0.39 is 0 Å². The minimum Gasteiger partial charge on any atom is -0.357 e. The zero-order valence-corrected chi connectivity index (χ0v) is 11.4. The Hall–Kier alpha value is -1.77. The number of aromatic nitrogens is 1. The first kappa shape index (κ1) is 12.3. The number of nitrogens with two attached hydrogens (primary N) is 1. The predicted molar refractivity (Wildman–Crippen MR) is 81.3 cm³/mol. The Balaban J connectivity index is 2.36. The van der Waals surface area contributed by atoms with Crippen LogP contribution in [-0.4, -0.2) is 4.98 Å². The van der Waals surface area contributed by atoms with E-state index in [-0.39, 0.29) is 6.04 Å². The molecule has 2 aromatic carbocycles. The van der Waals surface area contributed by atoms with Gasteiger partial charge in [0, 0.05) is 33.2 Å². The van der Waals surface area contributed by atoms with Crippen LogP contribution in [0.15, 0.2) is 48.5 Å². The number of nitrogens with one attached hydrogen (secondary N) is 1. The molecule has 1 aromatic heterocycles. The summed E-state index contributed by atoms with van der Waals surface area (Å²) in [5, 5.41) is 1.85. The number of hydrogen-bond acceptors (Lipinski definition) is 1. The zero-order valence-electron chi connectivity index (χ0n) is 10.7. The fraction of sp³-hybridized carbons (Fsp3) is 0.125. The number of hydrogen-bond donors (Lipinski definition) is 2. The van der Waals surface area contributed by atoms with Gasteiger partial charge in [0.15, 0.2) is 0 Å². The molecule has 0 amide bonds. The van der Waals surface area contributed by atoms with E-state index in [1.54, 1.807) is 0 Å².